The number of nitrogens with one attached hydrogen (secondary N) is 1. The van der Waals surface area contributed by atoms with E-state index >= 15 is 0 Å². The molecule has 0 bridgehead atoms. The van der Waals surface area contributed by atoms with Crippen LogP contribution in [-0.2, 0) is 11.3 Å². The van der Waals surface area contributed by atoms with Gasteiger partial charge in [-0.3, -0.25) is 9.69 Å². The zero-order chi connectivity index (χ0) is 24.2. The Morgan fingerprint density at radius 3 is 2.49 bits per heavy atom. The smallest absolute Gasteiger partial charge is 0.293 e. The second kappa shape index (κ2) is 9.88. The molecule has 1 fully saturated rings. The van der Waals surface area contributed by atoms with Crippen LogP contribution in [0.5, 0.6) is 5.88 Å². The quantitative estimate of drug-likeness (QED) is 0.302. The number of likely N-dealkylation sites (tertiary alicyclic amines) is 1. The fourth-order valence-electron chi connectivity index (χ4n) is 4.50. The Morgan fingerprint density at radius 1 is 1.03 bits per heavy atom. The minimum atomic E-state index is -0.690. The highest BCUT2D eigenvalue weighted by atomic mass is 16.3. The summed E-state index contributed by atoms with van der Waals surface area (Å²) in [7, 11) is 0. The van der Waals surface area contributed by atoms with E-state index in [9.17, 15) is 9.90 Å². The van der Waals surface area contributed by atoms with Crippen molar-refractivity contribution in [3.8, 4) is 17.7 Å². The molecule has 35 heavy (non-hydrogen) atoms. The van der Waals surface area contributed by atoms with Crippen LogP contribution in [0.3, 0.4) is 0 Å². The van der Waals surface area contributed by atoms with E-state index in [1.165, 1.54) is 18.4 Å². The molecule has 1 amide bonds. The summed E-state index contributed by atoms with van der Waals surface area (Å²) in [4.78, 5) is 21.5. The number of benzene rings is 3. The van der Waals surface area contributed by atoms with Crippen molar-refractivity contribution in [2.45, 2.75) is 19.4 Å². The van der Waals surface area contributed by atoms with Crippen LogP contribution in [0.25, 0.3) is 10.9 Å². The van der Waals surface area contributed by atoms with Gasteiger partial charge in [-0.05, 0) is 61.7 Å². The van der Waals surface area contributed by atoms with Crippen LogP contribution < -0.4 is 5.73 Å². The largest absolute Gasteiger partial charge is 0.494 e. The normalized spacial score (nSPS) is 14.1. The minimum absolute atomic E-state index is 0.0215. The van der Waals surface area contributed by atoms with Gasteiger partial charge < -0.3 is 15.8 Å². The van der Waals surface area contributed by atoms with Crippen LogP contribution in [0, 0.1) is 11.8 Å². The number of aliphatic imine (C=N–C) groups is 1. The van der Waals surface area contributed by atoms with Crippen molar-refractivity contribution in [3.63, 3.8) is 0 Å². The number of primary amides is 1. The number of carbonyl (C=O) groups is 1. The van der Waals surface area contributed by atoms with Gasteiger partial charge in [0.1, 0.15) is 0 Å². The molecule has 174 valence electrons. The van der Waals surface area contributed by atoms with E-state index < -0.39 is 5.91 Å². The summed E-state index contributed by atoms with van der Waals surface area (Å²) in [6, 6.07) is 23.6. The fourth-order valence-corrected chi connectivity index (χ4v) is 4.50. The van der Waals surface area contributed by atoms with Crippen molar-refractivity contribution in [2.24, 2.45) is 10.7 Å². The highest BCUT2D eigenvalue weighted by Crippen LogP contribution is 2.32. The van der Waals surface area contributed by atoms with Gasteiger partial charge in [-0.25, -0.2) is 4.99 Å². The predicted molar refractivity (Wildman–Crippen MR) is 139 cm³/mol. The summed E-state index contributed by atoms with van der Waals surface area (Å²) in [5.74, 6) is 4.41. The Bertz CT molecular complexity index is 1450. The number of H-pyrrole nitrogens is 1. The molecule has 3 aromatic carbocycles. The molecule has 6 heteroatoms. The molecule has 4 aromatic rings. The Hall–Kier alpha value is -4.34. The van der Waals surface area contributed by atoms with Crippen molar-refractivity contribution >= 4 is 28.2 Å². The van der Waals surface area contributed by atoms with Crippen molar-refractivity contribution in [1.82, 2.24) is 9.88 Å². The number of aromatic amines is 1. The maximum Gasteiger partial charge on any atom is 0.293 e. The van der Waals surface area contributed by atoms with Gasteiger partial charge in [0.25, 0.3) is 5.91 Å². The molecular weight excluding hydrogens is 436 g/mol. The number of hydrogen-bond acceptors (Lipinski definition) is 4. The number of aromatic hydroxyl groups is 1. The number of nitrogens with two attached hydrogens (primary N) is 1. The average Bonchev–Trinajstić information content (AvgIpc) is 3.49. The number of fused-ring (bicyclic) bond motifs is 1. The summed E-state index contributed by atoms with van der Waals surface area (Å²) in [6.45, 7) is 3.28. The van der Waals surface area contributed by atoms with Crippen LogP contribution in [0.4, 0.5) is 5.69 Å². The number of rotatable bonds is 5. The van der Waals surface area contributed by atoms with E-state index in [0.29, 0.717) is 22.4 Å². The van der Waals surface area contributed by atoms with Gasteiger partial charge in [0, 0.05) is 23.1 Å². The first-order chi connectivity index (χ1) is 17.1. The van der Waals surface area contributed by atoms with Gasteiger partial charge in [0.15, 0.2) is 5.88 Å². The van der Waals surface area contributed by atoms with Gasteiger partial charge in [-0.2, -0.15) is 0 Å². The van der Waals surface area contributed by atoms with Crippen molar-refractivity contribution in [1.29, 1.82) is 0 Å². The van der Waals surface area contributed by atoms with Crippen LogP contribution in [0.1, 0.15) is 35.1 Å². The molecule has 0 unspecified atom stereocenters. The third kappa shape index (κ3) is 5.11. The standard InChI is InChI=1S/C29H26N4O2/c30-26(34)15-11-20-10-14-24-25(18-20)32-29(35)27(24)28(22-6-2-1-3-7-22)31-23-12-8-21(9-13-23)19-33-16-4-5-17-33/h1-3,6-10,12-14,18,32,35H,4-5,16-17,19H2,(H2,30,34). The fraction of sp³-hybridized carbons (Fsp3) is 0.172. The Labute approximate surface area is 204 Å². The van der Waals surface area contributed by atoms with E-state index in [-0.39, 0.29) is 5.88 Å². The predicted octanol–water partition coefficient (Wildman–Crippen LogP) is 4.48. The topological polar surface area (TPSA) is 94.7 Å². The van der Waals surface area contributed by atoms with E-state index in [1.54, 1.807) is 12.1 Å². The summed E-state index contributed by atoms with van der Waals surface area (Å²) >= 11 is 0. The minimum Gasteiger partial charge on any atom is -0.494 e. The van der Waals surface area contributed by atoms with Gasteiger partial charge >= 0.3 is 0 Å². The van der Waals surface area contributed by atoms with Crippen LogP contribution >= 0.6 is 0 Å². The van der Waals surface area contributed by atoms with Crippen molar-refractivity contribution in [3.05, 3.63) is 95.1 Å². The molecule has 0 atom stereocenters. The highest BCUT2D eigenvalue weighted by Gasteiger charge is 2.19. The number of aromatic nitrogens is 1. The first kappa shape index (κ1) is 22.5. The van der Waals surface area contributed by atoms with Crippen LogP contribution in [0.15, 0.2) is 77.8 Å². The molecule has 0 aliphatic carbocycles. The lowest BCUT2D eigenvalue weighted by molar-refractivity contribution is -0.112. The molecule has 0 radical (unpaired) electrons. The van der Waals surface area contributed by atoms with E-state index in [0.717, 1.165) is 36.3 Å². The molecule has 4 N–H and O–H groups in total. The lowest BCUT2D eigenvalue weighted by Crippen LogP contribution is -2.18. The molecule has 2 heterocycles. The maximum atomic E-state index is 11.0. The molecular formula is C29H26N4O2. The van der Waals surface area contributed by atoms with Gasteiger partial charge in [-0.1, -0.05) is 54.5 Å². The molecule has 0 saturated carbocycles. The zero-order valence-electron chi connectivity index (χ0n) is 19.3. The zero-order valence-corrected chi connectivity index (χ0v) is 19.3. The van der Waals surface area contributed by atoms with Crippen LogP contribution in [0.2, 0.25) is 0 Å². The Kier molecular flexibility index (Phi) is 6.34. The lowest BCUT2D eigenvalue weighted by atomic mass is 10.00. The monoisotopic (exact) mass is 462 g/mol. The number of hydrogen-bond donors (Lipinski definition) is 3. The third-order valence-corrected chi connectivity index (χ3v) is 6.17. The first-order valence-corrected chi connectivity index (χ1v) is 11.7. The second-order valence-electron chi connectivity index (χ2n) is 8.70. The highest BCUT2D eigenvalue weighted by molar-refractivity contribution is 6.22. The van der Waals surface area contributed by atoms with Crippen molar-refractivity contribution < 1.29 is 9.90 Å². The molecule has 1 aliphatic heterocycles. The summed E-state index contributed by atoms with van der Waals surface area (Å²) in [5.41, 5.74) is 10.7. The van der Waals surface area contributed by atoms with E-state index in [2.05, 4.69) is 33.9 Å². The Morgan fingerprint density at radius 2 is 1.77 bits per heavy atom. The van der Waals surface area contributed by atoms with E-state index in [4.69, 9.17) is 10.7 Å². The summed E-state index contributed by atoms with van der Waals surface area (Å²) in [5, 5.41) is 11.7. The number of amides is 1. The van der Waals surface area contributed by atoms with Gasteiger partial charge in [0.05, 0.1) is 22.5 Å². The summed E-state index contributed by atoms with van der Waals surface area (Å²) in [6.07, 6.45) is 2.55. The van der Waals surface area contributed by atoms with Gasteiger partial charge in [-0.15, -0.1) is 0 Å². The van der Waals surface area contributed by atoms with E-state index in [1.807, 2.05) is 48.5 Å². The number of nitrogens with zero attached hydrogens (tertiary/aromatic N) is 2. The number of carbonyl (C=O) groups excluding carboxylic acids is 1. The third-order valence-electron chi connectivity index (χ3n) is 6.17. The molecule has 1 saturated heterocycles. The molecule has 6 nitrogen and oxygen atoms in total. The molecule has 0 spiro atoms. The SMILES string of the molecule is NC(=O)C#Cc1ccc2c(C(=Nc3ccc(CN4CCCC4)cc3)c3ccccc3)c(O)[nH]c2c1. The van der Waals surface area contributed by atoms with Gasteiger partial charge in [0.2, 0.25) is 0 Å². The lowest BCUT2D eigenvalue weighted by Gasteiger charge is -2.14. The van der Waals surface area contributed by atoms with Crippen molar-refractivity contribution in [2.75, 3.05) is 13.1 Å². The average molecular weight is 463 g/mol. The maximum absolute atomic E-state index is 11.0. The molecule has 5 rings (SSSR count). The first-order valence-electron chi connectivity index (χ1n) is 11.7. The Balaban J connectivity index is 1.55. The molecule has 1 aliphatic rings. The molecule has 1 aromatic heterocycles. The van der Waals surface area contributed by atoms with Crippen LogP contribution in [-0.4, -0.2) is 39.7 Å². The summed E-state index contributed by atoms with van der Waals surface area (Å²) < 4.78 is 0. The second-order valence-corrected chi connectivity index (χ2v) is 8.70.